The molecule has 2 aromatic rings. The Balaban J connectivity index is 2.02. The number of rotatable bonds is 4. The summed E-state index contributed by atoms with van der Waals surface area (Å²) in [7, 11) is 0. The molecular weight excluding hydrogens is 200 g/mol. The predicted molar refractivity (Wildman–Crippen MR) is 64.3 cm³/mol. The fourth-order valence-corrected chi connectivity index (χ4v) is 1.54. The van der Waals surface area contributed by atoms with Crippen LogP contribution in [0.2, 0.25) is 0 Å². The summed E-state index contributed by atoms with van der Waals surface area (Å²) in [6, 6.07) is 8.85. The van der Waals surface area contributed by atoms with Gasteiger partial charge in [0.25, 0.3) is 0 Å². The van der Waals surface area contributed by atoms with E-state index < -0.39 is 0 Å². The predicted octanol–water partition coefficient (Wildman–Crippen LogP) is 2.15. The molecule has 0 fully saturated rings. The number of aromatic nitrogens is 3. The van der Waals surface area contributed by atoms with Crippen LogP contribution >= 0.6 is 0 Å². The van der Waals surface area contributed by atoms with E-state index in [2.05, 4.69) is 53.5 Å². The van der Waals surface area contributed by atoms with Gasteiger partial charge in [-0.2, -0.15) is 5.10 Å². The van der Waals surface area contributed by atoms with Crippen molar-refractivity contribution < 1.29 is 0 Å². The standard InChI is InChI=1S/C12H16N4/c1-10(2)15-12-5-3-11(4-6-12)7-16-9-13-8-14-16/h3-6,8-10,15H,7H2,1-2H3. The monoisotopic (exact) mass is 216 g/mol. The lowest BCUT2D eigenvalue weighted by molar-refractivity contribution is 0.685. The van der Waals surface area contributed by atoms with Gasteiger partial charge in [0.05, 0.1) is 6.54 Å². The third kappa shape index (κ3) is 2.82. The molecule has 4 heteroatoms. The van der Waals surface area contributed by atoms with E-state index in [1.807, 2.05) is 4.68 Å². The summed E-state index contributed by atoms with van der Waals surface area (Å²) in [5, 5.41) is 7.43. The van der Waals surface area contributed by atoms with E-state index in [1.54, 1.807) is 12.7 Å². The van der Waals surface area contributed by atoms with E-state index in [0.29, 0.717) is 6.04 Å². The molecule has 1 N–H and O–H groups in total. The molecule has 0 unspecified atom stereocenters. The van der Waals surface area contributed by atoms with Crippen LogP contribution in [-0.2, 0) is 6.54 Å². The van der Waals surface area contributed by atoms with Crippen molar-refractivity contribution >= 4 is 5.69 Å². The molecule has 0 radical (unpaired) electrons. The van der Waals surface area contributed by atoms with Crippen molar-refractivity contribution in [1.82, 2.24) is 14.8 Å². The van der Waals surface area contributed by atoms with Crippen LogP contribution in [0.4, 0.5) is 5.69 Å². The minimum atomic E-state index is 0.459. The van der Waals surface area contributed by atoms with Gasteiger partial charge in [-0.25, -0.2) is 9.67 Å². The van der Waals surface area contributed by atoms with Crippen LogP contribution in [0.15, 0.2) is 36.9 Å². The molecule has 0 amide bonds. The smallest absolute Gasteiger partial charge is 0.137 e. The molecular formula is C12H16N4. The number of hydrogen-bond donors (Lipinski definition) is 1. The third-order valence-corrected chi connectivity index (χ3v) is 2.22. The van der Waals surface area contributed by atoms with Crippen LogP contribution in [-0.4, -0.2) is 20.8 Å². The molecule has 2 rings (SSSR count). The Bertz CT molecular complexity index is 417. The van der Waals surface area contributed by atoms with E-state index in [0.717, 1.165) is 12.2 Å². The molecule has 0 aliphatic rings. The highest BCUT2D eigenvalue weighted by atomic mass is 15.3. The highest BCUT2D eigenvalue weighted by molar-refractivity contribution is 5.45. The van der Waals surface area contributed by atoms with Crippen molar-refractivity contribution in [2.45, 2.75) is 26.4 Å². The Morgan fingerprint density at radius 1 is 1.25 bits per heavy atom. The van der Waals surface area contributed by atoms with Gasteiger partial charge in [-0.3, -0.25) is 0 Å². The van der Waals surface area contributed by atoms with Crippen LogP contribution in [0.1, 0.15) is 19.4 Å². The van der Waals surface area contributed by atoms with Crippen LogP contribution in [0.5, 0.6) is 0 Å². The molecule has 0 atom stereocenters. The SMILES string of the molecule is CC(C)Nc1ccc(Cn2cncn2)cc1. The highest BCUT2D eigenvalue weighted by Gasteiger charge is 1.97. The maximum Gasteiger partial charge on any atom is 0.137 e. The van der Waals surface area contributed by atoms with Gasteiger partial charge < -0.3 is 5.32 Å². The highest BCUT2D eigenvalue weighted by Crippen LogP contribution is 2.11. The lowest BCUT2D eigenvalue weighted by Crippen LogP contribution is -2.09. The van der Waals surface area contributed by atoms with E-state index in [9.17, 15) is 0 Å². The molecule has 0 saturated carbocycles. The number of benzene rings is 1. The Morgan fingerprint density at radius 2 is 2.00 bits per heavy atom. The van der Waals surface area contributed by atoms with Crippen molar-refractivity contribution in [1.29, 1.82) is 0 Å². The summed E-state index contributed by atoms with van der Waals surface area (Å²) in [5.74, 6) is 0. The number of anilines is 1. The van der Waals surface area contributed by atoms with Gasteiger partial charge >= 0.3 is 0 Å². The molecule has 0 spiro atoms. The molecule has 1 aromatic carbocycles. The zero-order valence-electron chi connectivity index (χ0n) is 9.59. The topological polar surface area (TPSA) is 42.7 Å². The summed E-state index contributed by atoms with van der Waals surface area (Å²) in [6.45, 7) is 5.02. The summed E-state index contributed by atoms with van der Waals surface area (Å²) in [6.07, 6.45) is 3.27. The second-order valence-electron chi connectivity index (χ2n) is 4.09. The first-order chi connectivity index (χ1) is 7.74. The van der Waals surface area contributed by atoms with Crippen LogP contribution < -0.4 is 5.32 Å². The first kappa shape index (κ1) is 10.7. The number of nitrogens with one attached hydrogen (secondary N) is 1. The Labute approximate surface area is 95.3 Å². The number of nitrogens with zero attached hydrogens (tertiary/aromatic N) is 3. The van der Waals surface area contributed by atoms with Gasteiger partial charge in [-0.15, -0.1) is 0 Å². The fourth-order valence-electron chi connectivity index (χ4n) is 1.54. The van der Waals surface area contributed by atoms with Crippen LogP contribution in [0.3, 0.4) is 0 Å². The van der Waals surface area contributed by atoms with Gasteiger partial charge in [0.2, 0.25) is 0 Å². The molecule has 0 aliphatic heterocycles. The average Bonchev–Trinajstić information content (AvgIpc) is 2.73. The molecule has 0 bridgehead atoms. The van der Waals surface area contributed by atoms with Gasteiger partial charge in [-0.1, -0.05) is 12.1 Å². The second kappa shape index (κ2) is 4.79. The van der Waals surface area contributed by atoms with Crippen LogP contribution in [0, 0.1) is 0 Å². The van der Waals surface area contributed by atoms with Gasteiger partial charge in [0.1, 0.15) is 12.7 Å². The van der Waals surface area contributed by atoms with Gasteiger partial charge in [0, 0.05) is 11.7 Å². The van der Waals surface area contributed by atoms with Gasteiger partial charge in [0.15, 0.2) is 0 Å². The van der Waals surface area contributed by atoms with E-state index in [4.69, 9.17) is 0 Å². The average molecular weight is 216 g/mol. The third-order valence-electron chi connectivity index (χ3n) is 2.22. The number of hydrogen-bond acceptors (Lipinski definition) is 3. The fraction of sp³-hybridized carbons (Fsp3) is 0.333. The first-order valence-corrected chi connectivity index (χ1v) is 5.42. The van der Waals surface area contributed by atoms with Crippen molar-refractivity contribution in [2.24, 2.45) is 0 Å². The summed E-state index contributed by atoms with van der Waals surface area (Å²) in [4.78, 5) is 3.91. The molecule has 0 saturated heterocycles. The van der Waals surface area contributed by atoms with Crippen molar-refractivity contribution in [3.8, 4) is 0 Å². The normalized spacial score (nSPS) is 10.7. The maximum atomic E-state index is 4.07. The Hall–Kier alpha value is -1.84. The first-order valence-electron chi connectivity index (χ1n) is 5.42. The molecule has 1 aromatic heterocycles. The summed E-state index contributed by atoms with van der Waals surface area (Å²) in [5.41, 5.74) is 2.37. The van der Waals surface area contributed by atoms with Crippen molar-refractivity contribution in [3.05, 3.63) is 42.5 Å². The second-order valence-corrected chi connectivity index (χ2v) is 4.09. The minimum Gasteiger partial charge on any atom is -0.383 e. The summed E-state index contributed by atoms with van der Waals surface area (Å²) < 4.78 is 1.81. The molecule has 1 heterocycles. The van der Waals surface area contributed by atoms with Crippen molar-refractivity contribution in [2.75, 3.05) is 5.32 Å². The minimum absolute atomic E-state index is 0.459. The zero-order chi connectivity index (χ0) is 11.4. The summed E-state index contributed by atoms with van der Waals surface area (Å²) >= 11 is 0. The van der Waals surface area contributed by atoms with E-state index in [1.165, 1.54) is 5.56 Å². The molecule has 0 aliphatic carbocycles. The maximum absolute atomic E-state index is 4.07. The zero-order valence-corrected chi connectivity index (χ0v) is 9.59. The Morgan fingerprint density at radius 3 is 2.56 bits per heavy atom. The van der Waals surface area contributed by atoms with Crippen molar-refractivity contribution in [3.63, 3.8) is 0 Å². The van der Waals surface area contributed by atoms with Crippen LogP contribution in [0.25, 0.3) is 0 Å². The van der Waals surface area contributed by atoms with E-state index in [-0.39, 0.29) is 0 Å². The molecule has 16 heavy (non-hydrogen) atoms. The van der Waals surface area contributed by atoms with E-state index >= 15 is 0 Å². The lowest BCUT2D eigenvalue weighted by atomic mass is 10.2. The lowest BCUT2D eigenvalue weighted by Gasteiger charge is -2.10. The largest absolute Gasteiger partial charge is 0.383 e. The molecule has 84 valence electrons. The molecule has 4 nitrogen and oxygen atoms in total. The van der Waals surface area contributed by atoms with Gasteiger partial charge in [-0.05, 0) is 31.5 Å². The quantitative estimate of drug-likeness (QED) is 0.851. The Kier molecular flexibility index (Phi) is 3.19.